The molecular formula is C19H23N3O. The molecule has 0 aliphatic heterocycles. The van der Waals surface area contributed by atoms with Crippen molar-refractivity contribution in [1.29, 1.82) is 0 Å². The molecule has 0 fully saturated rings. The molecule has 4 heteroatoms. The van der Waals surface area contributed by atoms with Gasteiger partial charge in [-0.15, -0.1) is 10.2 Å². The SMILES string of the molecule is COc1ccccc1-c1ccc(NCCC2=CCCCC2)nn1. The predicted octanol–water partition coefficient (Wildman–Crippen LogP) is 4.45. The van der Waals surface area contributed by atoms with Gasteiger partial charge in [0.05, 0.1) is 12.8 Å². The second-order valence-corrected chi connectivity index (χ2v) is 5.79. The maximum absolute atomic E-state index is 5.37. The first kappa shape index (κ1) is 15.5. The third kappa shape index (κ3) is 4.09. The number of hydrogen-bond acceptors (Lipinski definition) is 4. The first-order valence-electron chi connectivity index (χ1n) is 8.26. The van der Waals surface area contributed by atoms with E-state index in [2.05, 4.69) is 21.6 Å². The van der Waals surface area contributed by atoms with E-state index < -0.39 is 0 Å². The maximum atomic E-state index is 5.37. The first-order valence-corrected chi connectivity index (χ1v) is 8.26. The summed E-state index contributed by atoms with van der Waals surface area (Å²) < 4.78 is 5.37. The van der Waals surface area contributed by atoms with Crippen LogP contribution >= 0.6 is 0 Å². The Bertz CT molecular complexity index is 665. The minimum atomic E-state index is 0.812. The molecule has 1 aromatic heterocycles. The second kappa shape index (κ2) is 7.77. The zero-order valence-electron chi connectivity index (χ0n) is 13.6. The van der Waals surface area contributed by atoms with Gasteiger partial charge in [0.1, 0.15) is 11.6 Å². The second-order valence-electron chi connectivity index (χ2n) is 5.79. The first-order chi connectivity index (χ1) is 11.4. The highest BCUT2D eigenvalue weighted by atomic mass is 16.5. The van der Waals surface area contributed by atoms with Crippen molar-refractivity contribution in [3.63, 3.8) is 0 Å². The summed E-state index contributed by atoms with van der Waals surface area (Å²) in [6, 6.07) is 11.8. The van der Waals surface area contributed by atoms with Crippen molar-refractivity contribution in [2.24, 2.45) is 0 Å². The average molecular weight is 309 g/mol. The number of aromatic nitrogens is 2. The molecule has 1 heterocycles. The number of benzene rings is 1. The van der Waals surface area contributed by atoms with Crippen molar-refractivity contribution in [3.8, 4) is 17.0 Å². The molecular weight excluding hydrogens is 286 g/mol. The highest BCUT2D eigenvalue weighted by Crippen LogP contribution is 2.27. The van der Waals surface area contributed by atoms with Gasteiger partial charge in [-0.05, 0) is 56.4 Å². The van der Waals surface area contributed by atoms with Crippen molar-refractivity contribution >= 4 is 5.82 Å². The fourth-order valence-corrected chi connectivity index (χ4v) is 2.91. The number of nitrogens with zero attached hydrogens (tertiary/aromatic N) is 2. The summed E-state index contributed by atoms with van der Waals surface area (Å²) in [6.07, 6.45) is 8.65. The van der Waals surface area contributed by atoms with Crippen LogP contribution in [0.2, 0.25) is 0 Å². The Hall–Kier alpha value is -2.36. The zero-order valence-corrected chi connectivity index (χ0v) is 13.6. The molecule has 2 aromatic rings. The largest absolute Gasteiger partial charge is 0.496 e. The molecule has 4 nitrogen and oxygen atoms in total. The Morgan fingerprint density at radius 2 is 2.00 bits per heavy atom. The number of hydrogen-bond donors (Lipinski definition) is 1. The number of methoxy groups -OCH3 is 1. The highest BCUT2D eigenvalue weighted by Gasteiger charge is 2.07. The van der Waals surface area contributed by atoms with E-state index in [0.29, 0.717) is 0 Å². The lowest BCUT2D eigenvalue weighted by Gasteiger charge is -2.13. The number of nitrogens with one attached hydrogen (secondary N) is 1. The van der Waals surface area contributed by atoms with Crippen molar-refractivity contribution in [2.45, 2.75) is 32.1 Å². The molecule has 0 atom stereocenters. The van der Waals surface area contributed by atoms with Crippen LogP contribution in [0.25, 0.3) is 11.3 Å². The van der Waals surface area contributed by atoms with E-state index in [0.717, 1.165) is 35.8 Å². The maximum Gasteiger partial charge on any atom is 0.148 e. The van der Waals surface area contributed by atoms with E-state index >= 15 is 0 Å². The molecule has 1 aliphatic carbocycles. The standard InChI is InChI=1S/C19H23N3O/c1-23-18-10-6-5-9-16(18)17-11-12-19(22-21-17)20-14-13-15-7-3-2-4-8-15/h5-7,9-12H,2-4,8,13-14H2,1H3,(H,20,22). The fraction of sp³-hybridized carbons (Fsp3) is 0.368. The molecule has 1 aromatic carbocycles. The summed E-state index contributed by atoms with van der Waals surface area (Å²) in [5.41, 5.74) is 3.35. The quantitative estimate of drug-likeness (QED) is 0.801. The van der Waals surface area contributed by atoms with Gasteiger partial charge in [-0.1, -0.05) is 23.8 Å². The molecule has 0 unspecified atom stereocenters. The van der Waals surface area contributed by atoms with Gasteiger partial charge >= 0.3 is 0 Å². The van der Waals surface area contributed by atoms with Gasteiger partial charge in [0.25, 0.3) is 0 Å². The number of ether oxygens (including phenoxy) is 1. The molecule has 3 rings (SSSR count). The summed E-state index contributed by atoms with van der Waals surface area (Å²) in [6.45, 7) is 0.911. The van der Waals surface area contributed by atoms with Crippen LogP contribution < -0.4 is 10.1 Å². The van der Waals surface area contributed by atoms with Crippen molar-refractivity contribution in [3.05, 3.63) is 48.0 Å². The summed E-state index contributed by atoms with van der Waals surface area (Å²) in [7, 11) is 1.67. The van der Waals surface area contributed by atoms with Crippen LogP contribution in [0.1, 0.15) is 32.1 Å². The van der Waals surface area contributed by atoms with Gasteiger partial charge < -0.3 is 10.1 Å². The Kier molecular flexibility index (Phi) is 5.25. The average Bonchev–Trinajstić information content (AvgIpc) is 2.63. The predicted molar refractivity (Wildman–Crippen MR) is 93.7 cm³/mol. The van der Waals surface area contributed by atoms with E-state index in [1.54, 1.807) is 12.7 Å². The molecule has 0 amide bonds. The summed E-state index contributed by atoms with van der Waals surface area (Å²) in [5.74, 6) is 1.63. The van der Waals surface area contributed by atoms with Crippen molar-refractivity contribution < 1.29 is 4.74 Å². The molecule has 0 saturated carbocycles. The Balaban J connectivity index is 1.59. The van der Waals surface area contributed by atoms with Gasteiger partial charge in [0, 0.05) is 12.1 Å². The number of rotatable bonds is 6. The third-order valence-electron chi connectivity index (χ3n) is 4.18. The number of anilines is 1. The molecule has 0 bridgehead atoms. The molecule has 23 heavy (non-hydrogen) atoms. The summed E-state index contributed by atoms with van der Waals surface area (Å²) >= 11 is 0. The molecule has 0 saturated heterocycles. The van der Waals surface area contributed by atoms with Gasteiger partial charge in [0.15, 0.2) is 0 Å². The molecule has 1 aliphatic rings. The molecule has 120 valence electrons. The fourth-order valence-electron chi connectivity index (χ4n) is 2.91. The minimum Gasteiger partial charge on any atom is -0.496 e. The molecule has 0 spiro atoms. The van der Waals surface area contributed by atoms with Gasteiger partial charge in [-0.3, -0.25) is 0 Å². The zero-order chi connectivity index (χ0) is 15.9. The Morgan fingerprint density at radius 3 is 2.74 bits per heavy atom. The lowest BCUT2D eigenvalue weighted by atomic mass is 9.97. The van der Waals surface area contributed by atoms with Gasteiger partial charge in [-0.2, -0.15) is 0 Å². The van der Waals surface area contributed by atoms with Crippen molar-refractivity contribution in [1.82, 2.24) is 10.2 Å². The van der Waals surface area contributed by atoms with E-state index in [4.69, 9.17) is 4.74 Å². The van der Waals surface area contributed by atoms with Crippen LogP contribution in [0.3, 0.4) is 0 Å². The lowest BCUT2D eigenvalue weighted by molar-refractivity contribution is 0.416. The van der Waals surface area contributed by atoms with Crippen LogP contribution in [0.15, 0.2) is 48.0 Å². The normalized spacial score (nSPS) is 14.2. The van der Waals surface area contributed by atoms with Crippen LogP contribution in [0.4, 0.5) is 5.82 Å². The summed E-state index contributed by atoms with van der Waals surface area (Å²) in [5, 5.41) is 11.9. The van der Waals surface area contributed by atoms with Crippen molar-refractivity contribution in [2.75, 3.05) is 19.0 Å². The van der Waals surface area contributed by atoms with E-state index in [1.807, 2.05) is 36.4 Å². The molecule has 1 N–H and O–H groups in total. The Morgan fingerprint density at radius 1 is 1.09 bits per heavy atom. The lowest BCUT2D eigenvalue weighted by Crippen LogP contribution is -2.06. The topological polar surface area (TPSA) is 47.0 Å². The summed E-state index contributed by atoms with van der Waals surface area (Å²) in [4.78, 5) is 0. The van der Waals surface area contributed by atoms with Crippen LogP contribution in [-0.4, -0.2) is 23.9 Å². The number of para-hydroxylation sites is 1. The minimum absolute atomic E-state index is 0.812. The monoisotopic (exact) mass is 309 g/mol. The highest BCUT2D eigenvalue weighted by molar-refractivity contribution is 5.67. The molecule has 0 radical (unpaired) electrons. The van der Waals surface area contributed by atoms with Gasteiger partial charge in [0.2, 0.25) is 0 Å². The van der Waals surface area contributed by atoms with E-state index in [9.17, 15) is 0 Å². The van der Waals surface area contributed by atoms with Gasteiger partial charge in [-0.25, -0.2) is 0 Å². The Labute approximate surface area is 137 Å². The smallest absolute Gasteiger partial charge is 0.148 e. The van der Waals surface area contributed by atoms with Crippen LogP contribution in [0.5, 0.6) is 5.75 Å². The van der Waals surface area contributed by atoms with E-state index in [-0.39, 0.29) is 0 Å². The number of allylic oxidation sites excluding steroid dienone is 1. The van der Waals surface area contributed by atoms with Crippen LogP contribution in [0, 0.1) is 0 Å². The van der Waals surface area contributed by atoms with E-state index in [1.165, 1.54) is 25.7 Å². The third-order valence-corrected chi connectivity index (χ3v) is 4.18. The van der Waals surface area contributed by atoms with Crippen LogP contribution in [-0.2, 0) is 0 Å².